The second-order valence-electron chi connectivity index (χ2n) is 7.97. The molecule has 1 aromatic carbocycles. The normalized spacial score (nSPS) is 18.8. The standard InChI is InChI=1S/C20H33N3O2/c1-16-7-9-18(10-8-16)22-19(24)21-14-17-6-5-11-23(15-17)12-13-25-20(2,3)4/h7-10,17H,5-6,11-15H2,1-4H3,(H2,21,22,24). The van der Waals surface area contributed by atoms with Crippen molar-refractivity contribution in [2.24, 2.45) is 5.92 Å². The summed E-state index contributed by atoms with van der Waals surface area (Å²) in [6.07, 6.45) is 2.35. The van der Waals surface area contributed by atoms with E-state index < -0.39 is 0 Å². The third kappa shape index (κ3) is 7.88. The molecule has 0 saturated carbocycles. The molecule has 0 aliphatic carbocycles. The number of nitrogens with zero attached hydrogens (tertiary/aromatic N) is 1. The van der Waals surface area contributed by atoms with Crippen molar-refractivity contribution < 1.29 is 9.53 Å². The van der Waals surface area contributed by atoms with Gasteiger partial charge in [0.05, 0.1) is 12.2 Å². The van der Waals surface area contributed by atoms with Crippen molar-refractivity contribution in [3.05, 3.63) is 29.8 Å². The Balaban J connectivity index is 1.67. The molecule has 1 heterocycles. The van der Waals surface area contributed by atoms with E-state index in [0.29, 0.717) is 12.5 Å². The SMILES string of the molecule is Cc1ccc(NC(=O)NCC2CCCN(CCOC(C)(C)C)C2)cc1. The van der Waals surface area contributed by atoms with Crippen molar-refractivity contribution in [3.63, 3.8) is 0 Å². The number of ether oxygens (including phenoxy) is 1. The van der Waals surface area contributed by atoms with E-state index in [1.807, 2.05) is 31.2 Å². The topological polar surface area (TPSA) is 53.6 Å². The van der Waals surface area contributed by atoms with Gasteiger partial charge < -0.3 is 20.3 Å². The van der Waals surface area contributed by atoms with E-state index in [-0.39, 0.29) is 11.6 Å². The summed E-state index contributed by atoms with van der Waals surface area (Å²) in [5.41, 5.74) is 1.93. The van der Waals surface area contributed by atoms with Gasteiger partial charge in [0.1, 0.15) is 0 Å². The molecule has 2 rings (SSSR count). The number of anilines is 1. The van der Waals surface area contributed by atoms with Crippen LogP contribution in [0.4, 0.5) is 10.5 Å². The van der Waals surface area contributed by atoms with Crippen LogP contribution in [-0.2, 0) is 4.74 Å². The lowest BCUT2D eigenvalue weighted by atomic mass is 9.98. The van der Waals surface area contributed by atoms with Gasteiger partial charge in [-0.3, -0.25) is 0 Å². The summed E-state index contributed by atoms with van der Waals surface area (Å²) in [5.74, 6) is 0.507. The first kappa shape index (κ1) is 19.7. The molecule has 1 aromatic rings. The highest BCUT2D eigenvalue weighted by atomic mass is 16.5. The van der Waals surface area contributed by atoms with Gasteiger partial charge in [-0.2, -0.15) is 0 Å². The van der Waals surface area contributed by atoms with Crippen molar-refractivity contribution >= 4 is 11.7 Å². The molecule has 0 bridgehead atoms. The quantitative estimate of drug-likeness (QED) is 0.826. The molecule has 1 aliphatic heterocycles. The Hall–Kier alpha value is -1.59. The van der Waals surface area contributed by atoms with Crippen molar-refractivity contribution in [2.45, 2.75) is 46.1 Å². The van der Waals surface area contributed by atoms with Gasteiger partial charge >= 0.3 is 6.03 Å². The van der Waals surface area contributed by atoms with E-state index in [1.54, 1.807) is 0 Å². The summed E-state index contributed by atoms with van der Waals surface area (Å²) < 4.78 is 5.82. The lowest BCUT2D eigenvalue weighted by molar-refractivity contribution is -0.0169. The van der Waals surface area contributed by atoms with Crippen LogP contribution >= 0.6 is 0 Å². The smallest absolute Gasteiger partial charge is 0.319 e. The molecule has 0 aromatic heterocycles. The summed E-state index contributed by atoms with van der Waals surface area (Å²) in [7, 11) is 0. The number of piperidine rings is 1. The van der Waals surface area contributed by atoms with Crippen molar-refractivity contribution in [3.8, 4) is 0 Å². The molecule has 140 valence electrons. The third-order valence-corrected chi connectivity index (χ3v) is 4.41. The minimum Gasteiger partial charge on any atom is -0.375 e. The first-order valence-corrected chi connectivity index (χ1v) is 9.30. The van der Waals surface area contributed by atoms with Gasteiger partial charge in [-0.25, -0.2) is 4.79 Å². The van der Waals surface area contributed by atoms with Crippen LogP contribution in [0, 0.1) is 12.8 Å². The van der Waals surface area contributed by atoms with E-state index in [4.69, 9.17) is 4.74 Å². The van der Waals surface area contributed by atoms with Crippen LogP contribution in [0.5, 0.6) is 0 Å². The zero-order valence-corrected chi connectivity index (χ0v) is 16.1. The second kappa shape index (κ2) is 9.20. The fraction of sp³-hybridized carbons (Fsp3) is 0.650. The fourth-order valence-corrected chi connectivity index (χ4v) is 3.05. The molecular formula is C20H33N3O2. The van der Waals surface area contributed by atoms with E-state index >= 15 is 0 Å². The Labute approximate surface area is 152 Å². The van der Waals surface area contributed by atoms with Crippen molar-refractivity contribution in [2.75, 3.05) is 38.1 Å². The summed E-state index contributed by atoms with van der Waals surface area (Å²) in [5, 5.41) is 5.90. The molecule has 2 amide bonds. The molecule has 5 heteroatoms. The number of urea groups is 1. The fourth-order valence-electron chi connectivity index (χ4n) is 3.05. The van der Waals surface area contributed by atoms with Crippen LogP contribution in [-0.4, -0.2) is 49.3 Å². The molecule has 1 unspecified atom stereocenters. The number of hydrogen-bond donors (Lipinski definition) is 2. The largest absolute Gasteiger partial charge is 0.375 e. The van der Waals surface area contributed by atoms with Gasteiger partial charge in [-0.1, -0.05) is 17.7 Å². The van der Waals surface area contributed by atoms with Crippen LogP contribution in [0.1, 0.15) is 39.2 Å². The van der Waals surface area contributed by atoms with E-state index in [2.05, 4.69) is 36.3 Å². The second-order valence-corrected chi connectivity index (χ2v) is 7.97. The average Bonchev–Trinajstić information content (AvgIpc) is 2.54. The minimum atomic E-state index is -0.128. The number of aryl methyl sites for hydroxylation is 1. The summed E-state index contributed by atoms with van der Waals surface area (Å²) in [6, 6.07) is 7.71. The molecule has 0 radical (unpaired) electrons. The highest BCUT2D eigenvalue weighted by Crippen LogP contribution is 2.16. The van der Waals surface area contributed by atoms with Crippen molar-refractivity contribution in [1.29, 1.82) is 0 Å². The molecule has 5 nitrogen and oxygen atoms in total. The van der Waals surface area contributed by atoms with Gasteiger partial charge in [0.15, 0.2) is 0 Å². The molecule has 2 N–H and O–H groups in total. The first-order chi connectivity index (χ1) is 11.8. The summed E-state index contributed by atoms with van der Waals surface area (Å²) in [6.45, 7) is 12.9. The lowest BCUT2D eigenvalue weighted by Crippen LogP contribution is -2.43. The van der Waals surface area contributed by atoms with Crippen LogP contribution in [0.25, 0.3) is 0 Å². The number of likely N-dealkylation sites (tertiary alicyclic amines) is 1. The van der Waals surface area contributed by atoms with Crippen LogP contribution in [0.3, 0.4) is 0 Å². The molecule has 1 saturated heterocycles. The third-order valence-electron chi connectivity index (χ3n) is 4.41. The average molecular weight is 348 g/mol. The molecule has 0 spiro atoms. The predicted molar refractivity (Wildman–Crippen MR) is 103 cm³/mol. The van der Waals surface area contributed by atoms with Crippen molar-refractivity contribution in [1.82, 2.24) is 10.2 Å². The Morgan fingerprint density at radius 3 is 2.68 bits per heavy atom. The number of rotatable bonds is 6. The van der Waals surface area contributed by atoms with Gasteiger partial charge in [0, 0.05) is 25.3 Å². The number of hydrogen-bond acceptors (Lipinski definition) is 3. The monoisotopic (exact) mass is 347 g/mol. The van der Waals surface area contributed by atoms with Crippen LogP contribution in [0.2, 0.25) is 0 Å². The number of carbonyl (C=O) groups is 1. The molecule has 1 aliphatic rings. The highest BCUT2D eigenvalue weighted by molar-refractivity contribution is 5.89. The number of carbonyl (C=O) groups excluding carboxylic acids is 1. The lowest BCUT2D eigenvalue weighted by Gasteiger charge is -2.33. The van der Waals surface area contributed by atoms with Gasteiger partial charge in [0.25, 0.3) is 0 Å². The Morgan fingerprint density at radius 1 is 1.28 bits per heavy atom. The predicted octanol–water partition coefficient (Wildman–Crippen LogP) is 3.64. The molecule has 1 atom stereocenters. The van der Waals surface area contributed by atoms with E-state index in [1.165, 1.54) is 18.4 Å². The molecule has 25 heavy (non-hydrogen) atoms. The van der Waals surface area contributed by atoms with Gasteiger partial charge in [-0.15, -0.1) is 0 Å². The Bertz CT molecular complexity index is 537. The summed E-state index contributed by atoms with van der Waals surface area (Å²) >= 11 is 0. The zero-order valence-electron chi connectivity index (χ0n) is 16.1. The number of amides is 2. The number of nitrogens with one attached hydrogen (secondary N) is 2. The Kier molecular flexibility index (Phi) is 7.26. The molecule has 1 fully saturated rings. The highest BCUT2D eigenvalue weighted by Gasteiger charge is 2.21. The maximum atomic E-state index is 12.0. The van der Waals surface area contributed by atoms with Crippen LogP contribution < -0.4 is 10.6 Å². The van der Waals surface area contributed by atoms with E-state index in [0.717, 1.165) is 31.9 Å². The maximum absolute atomic E-state index is 12.0. The summed E-state index contributed by atoms with van der Waals surface area (Å²) in [4.78, 5) is 14.5. The minimum absolute atomic E-state index is 0.0786. The Morgan fingerprint density at radius 2 is 2.00 bits per heavy atom. The number of benzene rings is 1. The molecular weight excluding hydrogens is 314 g/mol. The first-order valence-electron chi connectivity index (χ1n) is 9.30. The van der Waals surface area contributed by atoms with Crippen LogP contribution in [0.15, 0.2) is 24.3 Å². The maximum Gasteiger partial charge on any atom is 0.319 e. The van der Waals surface area contributed by atoms with Gasteiger partial charge in [0.2, 0.25) is 0 Å². The van der Waals surface area contributed by atoms with Gasteiger partial charge in [-0.05, 0) is 65.1 Å². The van der Waals surface area contributed by atoms with E-state index in [9.17, 15) is 4.79 Å². The zero-order chi connectivity index (χ0) is 18.3.